The van der Waals surface area contributed by atoms with E-state index in [1.54, 1.807) is 0 Å². The van der Waals surface area contributed by atoms with Gasteiger partial charge in [0.2, 0.25) is 0 Å². The fourth-order valence-corrected chi connectivity index (χ4v) is 3.81. The second-order valence-corrected chi connectivity index (χ2v) is 7.50. The van der Waals surface area contributed by atoms with E-state index in [9.17, 15) is 41.3 Å². The van der Waals surface area contributed by atoms with E-state index in [0.29, 0.717) is 32.9 Å². The van der Waals surface area contributed by atoms with Gasteiger partial charge in [0.15, 0.2) is 0 Å². The van der Waals surface area contributed by atoms with Gasteiger partial charge in [0.05, 0.1) is 0 Å². The number of para-hydroxylation sites is 1. The summed E-state index contributed by atoms with van der Waals surface area (Å²) in [5.74, 6) is -6.23. The lowest BCUT2D eigenvalue weighted by atomic mass is 10.3. The Morgan fingerprint density at radius 2 is 1.31 bits per heavy atom. The lowest BCUT2D eigenvalue weighted by Gasteiger charge is -2.33. The van der Waals surface area contributed by atoms with Crippen LogP contribution in [0.5, 0.6) is 0 Å². The minimum atomic E-state index is -6.34. The third-order valence-corrected chi connectivity index (χ3v) is 5.45. The van der Waals surface area contributed by atoms with E-state index in [1.807, 2.05) is 0 Å². The van der Waals surface area contributed by atoms with Crippen molar-refractivity contribution in [3.63, 3.8) is 0 Å². The summed E-state index contributed by atoms with van der Waals surface area (Å²) in [6, 6.07) is 0.538. The molecule has 0 radical (unpaired) electrons. The van der Waals surface area contributed by atoms with Crippen LogP contribution < -0.4 is 5.12 Å². The molecule has 15 heteroatoms. The number of benzene rings is 1. The molecule has 0 saturated carbocycles. The Hall–Kier alpha value is -3.23. The van der Waals surface area contributed by atoms with Crippen LogP contribution in [0.15, 0.2) is 24.3 Å². The van der Waals surface area contributed by atoms with Crippen molar-refractivity contribution in [2.75, 3.05) is 5.12 Å². The molecule has 0 aliphatic rings. The molecule has 2 amide bonds. The largest absolute Gasteiger partial charge is 0.806 e. The highest BCUT2D eigenvalue weighted by molar-refractivity contribution is 6.68. The first-order valence-corrected chi connectivity index (χ1v) is 9.14. The second kappa shape index (κ2) is 8.85. The minimum Gasteiger partial charge on any atom is -0.451 e. The van der Waals surface area contributed by atoms with Crippen molar-refractivity contribution < 1.29 is 54.6 Å². The molecule has 0 heterocycles. The van der Waals surface area contributed by atoms with Crippen LogP contribution in [0.25, 0.3) is 0 Å². The molecule has 0 unspecified atom stereocenters. The number of hydrogen-bond donors (Lipinski definition) is 0. The number of halogens is 5. The quantitative estimate of drug-likeness (QED) is 0.288. The van der Waals surface area contributed by atoms with Gasteiger partial charge in [-0.1, -0.05) is 26.2 Å². The van der Waals surface area contributed by atoms with Crippen LogP contribution in [0.2, 0.25) is 0 Å². The lowest BCUT2D eigenvalue weighted by Crippen LogP contribution is -2.69. The van der Waals surface area contributed by atoms with Gasteiger partial charge in [-0.15, -0.1) is 5.12 Å². The Morgan fingerprint density at radius 3 is 1.69 bits per heavy atom. The number of nitrogens with zero attached hydrogens (tertiary/aromatic N) is 2. The predicted octanol–water partition coefficient (Wildman–Crippen LogP) is 2.58. The Kier molecular flexibility index (Phi) is 7.26. The summed E-state index contributed by atoms with van der Waals surface area (Å²) >= 11 is 0. The average Bonchev–Trinajstić information content (AvgIpc) is 2.58. The third-order valence-electron chi connectivity index (χ3n) is 2.85. The Bertz CT molecular complexity index is 785. The molecule has 160 valence electrons. The van der Waals surface area contributed by atoms with Gasteiger partial charge in [0.25, 0.3) is 17.9 Å². The van der Waals surface area contributed by atoms with Crippen molar-refractivity contribution in [2.24, 2.45) is 0 Å². The fourth-order valence-electron chi connectivity index (χ4n) is 1.85. The fraction of sp³-hybridized carbons (Fsp3) is 0.286. The highest BCUT2D eigenvalue weighted by atomic mass is 28.4. The smallest absolute Gasteiger partial charge is 0.451 e. The average molecular weight is 444 g/mol. The monoisotopic (exact) mass is 444 g/mol. The summed E-state index contributed by atoms with van der Waals surface area (Å²) in [5, 5.41) is -3.46. The molecule has 1 aromatic carbocycles. The van der Waals surface area contributed by atoms with Crippen LogP contribution in [0.1, 0.15) is 20.8 Å². The first-order chi connectivity index (χ1) is 13.2. The van der Waals surface area contributed by atoms with E-state index in [-0.39, 0.29) is 0 Å². The maximum atomic E-state index is 14.7. The number of urea groups is 1. The maximum Gasteiger partial charge on any atom is 0.806 e. The van der Waals surface area contributed by atoms with E-state index >= 15 is 0 Å². The number of amides is 2. The van der Waals surface area contributed by atoms with E-state index in [0.717, 1.165) is 12.1 Å². The van der Waals surface area contributed by atoms with Crippen LogP contribution in [-0.2, 0) is 27.7 Å². The van der Waals surface area contributed by atoms with Gasteiger partial charge in [-0.05, 0) is 12.1 Å². The first-order valence-electron chi connectivity index (χ1n) is 7.42. The SMILES string of the molecule is CC(=O)O[Si](OC(C)=O)(OC(C)=O)C(F)(F)N(F)C(=O)N(F)c1ccccc1F. The van der Waals surface area contributed by atoms with Gasteiger partial charge < -0.3 is 13.3 Å². The molecule has 1 aromatic rings. The predicted molar refractivity (Wildman–Crippen MR) is 84.3 cm³/mol. The van der Waals surface area contributed by atoms with E-state index in [1.165, 1.54) is 0 Å². The van der Waals surface area contributed by atoms with E-state index in [4.69, 9.17) is 0 Å². The van der Waals surface area contributed by atoms with Crippen LogP contribution in [-0.4, -0.2) is 43.5 Å². The van der Waals surface area contributed by atoms with Gasteiger partial charge in [0.1, 0.15) is 11.5 Å². The molecule has 9 nitrogen and oxygen atoms in total. The first kappa shape index (κ1) is 23.8. The number of carbonyl (C=O) groups excluding carboxylic acids is 4. The molecule has 0 aliphatic carbocycles. The zero-order valence-corrected chi connectivity index (χ0v) is 16.0. The molecule has 0 spiro atoms. The summed E-state index contributed by atoms with van der Waals surface area (Å²) in [4.78, 5) is 45.4. The highest BCUT2D eigenvalue weighted by Crippen LogP contribution is 2.36. The normalized spacial score (nSPS) is 11.3. The van der Waals surface area contributed by atoms with Crippen molar-refractivity contribution in [1.82, 2.24) is 5.12 Å². The summed E-state index contributed by atoms with van der Waals surface area (Å²) < 4.78 is 83.7. The van der Waals surface area contributed by atoms with Crippen molar-refractivity contribution in [1.29, 1.82) is 0 Å². The molecule has 29 heavy (non-hydrogen) atoms. The molecular weight excluding hydrogens is 431 g/mol. The van der Waals surface area contributed by atoms with Gasteiger partial charge in [-0.25, -0.2) is 9.18 Å². The van der Waals surface area contributed by atoms with Crippen molar-refractivity contribution in [3.05, 3.63) is 30.1 Å². The molecule has 1 rings (SSSR count). The summed E-state index contributed by atoms with van der Waals surface area (Å²) in [6.45, 7) is 1.57. The van der Waals surface area contributed by atoms with Crippen LogP contribution in [0.3, 0.4) is 0 Å². The zero-order chi connectivity index (χ0) is 22.6. The van der Waals surface area contributed by atoms with E-state index < -0.39 is 60.2 Å². The lowest BCUT2D eigenvalue weighted by molar-refractivity contribution is -0.197. The molecule has 0 aliphatic heterocycles. The van der Waals surface area contributed by atoms with Gasteiger partial charge >= 0.3 is 20.5 Å². The van der Waals surface area contributed by atoms with Crippen LogP contribution in [0.4, 0.5) is 32.6 Å². The number of anilines is 1. The van der Waals surface area contributed by atoms with Crippen molar-refractivity contribution >= 4 is 38.4 Å². The Balaban J connectivity index is 3.43. The Morgan fingerprint density at radius 1 is 0.897 bits per heavy atom. The minimum absolute atomic E-state index is 0.524. The molecule has 0 N–H and O–H groups in total. The zero-order valence-electron chi connectivity index (χ0n) is 15.0. The molecule has 0 bridgehead atoms. The number of rotatable bonds is 6. The molecule has 0 saturated heterocycles. The highest BCUT2D eigenvalue weighted by Gasteiger charge is 2.79. The van der Waals surface area contributed by atoms with Gasteiger partial charge in [-0.3, -0.25) is 14.4 Å². The van der Waals surface area contributed by atoms with E-state index in [2.05, 4.69) is 13.3 Å². The summed E-state index contributed by atoms with van der Waals surface area (Å²) in [5.41, 5.74) is -6.72. The molecule has 0 atom stereocenters. The summed E-state index contributed by atoms with van der Waals surface area (Å²) in [6.07, 6.45) is 0. The van der Waals surface area contributed by atoms with Gasteiger partial charge in [-0.2, -0.15) is 8.78 Å². The van der Waals surface area contributed by atoms with Crippen LogP contribution in [0, 0.1) is 5.82 Å². The van der Waals surface area contributed by atoms with Crippen LogP contribution >= 0.6 is 0 Å². The third kappa shape index (κ3) is 5.18. The number of carbonyl (C=O) groups is 4. The standard InChI is InChI=1S/C14H13F5N2O7Si/c1-8(22)26-29(27-9(2)23,28-10(3)24)14(16,17)21(19)13(25)20(18)12-7-5-4-6-11(12)15/h4-7H,1-3H3. The molecule has 0 fully saturated rings. The Labute approximate surface area is 160 Å². The summed E-state index contributed by atoms with van der Waals surface area (Å²) in [7, 11) is -6.34. The topological polar surface area (TPSA) is 102 Å². The second-order valence-electron chi connectivity index (χ2n) is 5.17. The maximum absolute atomic E-state index is 14.7. The molecular formula is C14H13F5N2O7Si. The van der Waals surface area contributed by atoms with Crippen molar-refractivity contribution in [2.45, 2.75) is 26.4 Å². The number of hydrogen-bond acceptors (Lipinski definition) is 7. The number of alkyl halides is 2. The molecule has 0 aromatic heterocycles. The van der Waals surface area contributed by atoms with Crippen molar-refractivity contribution in [3.8, 4) is 0 Å². The van der Waals surface area contributed by atoms with Gasteiger partial charge in [0, 0.05) is 20.8 Å².